The van der Waals surface area contributed by atoms with Crippen molar-refractivity contribution in [3.63, 3.8) is 0 Å². The standard InChI is InChI=1S/C16H21N5O4/c1-16(2,3)25-7-6-12(15(23)24)20-14(22)11-4-5-13(18-8-11)21-10-17-9-19-21/h4-5,8-10,12H,6-7H2,1-3H3,(H,20,22)(H,23,24). The molecule has 0 saturated heterocycles. The van der Waals surface area contributed by atoms with Gasteiger partial charge in [0.25, 0.3) is 5.91 Å². The molecule has 0 aliphatic heterocycles. The fraction of sp³-hybridized carbons (Fsp3) is 0.438. The third-order valence-electron chi connectivity index (χ3n) is 3.21. The Morgan fingerprint density at radius 1 is 1.36 bits per heavy atom. The minimum atomic E-state index is -1.11. The van der Waals surface area contributed by atoms with Gasteiger partial charge in [-0.1, -0.05) is 0 Å². The SMILES string of the molecule is CC(C)(C)OCCC(NC(=O)c1ccc(-n2cncn2)nc1)C(=O)O. The zero-order valence-corrected chi connectivity index (χ0v) is 14.3. The number of carboxylic acids is 1. The largest absolute Gasteiger partial charge is 0.480 e. The Labute approximate surface area is 145 Å². The van der Waals surface area contributed by atoms with E-state index in [0.29, 0.717) is 5.82 Å². The number of hydrogen-bond acceptors (Lipinski definition) is 6. The van der Waals surface area contributed by atoms with E-state index in [9.17, 15) is 14.7 Å². The van der Waals surface area contributed by atoms with Crippen molar-refractivity contribution in [3.8, 4) is 5.82 Å². The van der Waals surface area contributed by atoms with Crippen molar-refractivity contribution in [1.82, 2.24) is 25.1 Å². The molecule has 0 spiro atoms. The number of ether oxygens (including phenoxy) is 1. The summed E-state index contributed by atoms with van der Waals surface area (Å²) >= 11 is 0. The van der Waals surface area contributed by atoms with Crippen LogP contribution >= 0.6 is 0 Å². The lowest BCUT2D eigenvalue weighted by atomic mass is 10.1. The first-order chi connectivity index (χ1) is 11.8. The van der Waals surface area contributed by atoms with E-state index >= 15 is 0 Å². The number of carboxylic acid groups (broad SMARTS) is 1. The highest BCUT2D eigenvalue weighted by Crippen LogP contribution is 2.09. The highest BCUT2D eigenvalue weighted by Gasteiger charge is 2.22. The lowest BCUT2D eigenvalue weighted by Crippen LogP contribution is -2.42. The highest BCUT2D eigenvalue weighted by atomic mass is 16.5. The topological polar surface area (TPSA) is 119 Å². The minimum Gasteiger partial charge on any atom is -0.480 e. The summed E-state index contributed by atoms with van der Waals surface area (Å²) in [4.78, 5) is 31.5. The molecule has 0 aliphatic rings. The fourth-order valence-corrected chi connectivity index (χ4v) is 1.96. The average Bonchev–Trinajstić information content (AvgIpc) is 3.07. The second-order valence-electron chi connectivity index (χ2n) is 6.36. The normalized spacial score (nSPS) is 12.6. The van der Waals surface area contributed by atoms with Gasteiger partial charge in [0.2, 0.25) is 0 Å². The molecular weight excluding hydrogens is 326 g/mol. The van der Waals surface area contributed by atoms with E-state index in [2.05, 4.69) is 20.4 Å². The van der Waals surface area contributed by atoms with Gasteiger partial charge in [0.15, 0.2) is 5.82 Å². The number of hydrogen-bond donors (Lipinski definition) is 2. The number of nitrogens with one attached hydrogen (secondary N) is 1. The molecule has 134 valence electrons. The van der Waals surface area contributed by atoms with Crippen molar-refractivity contribution < 1.29 is 19.4 Å². The molecule has 1 amide bonds. The number of aromatic nitrogens is 4. The zero-order valence-electron chi connectivity index (χ0n) is 14.3. The Kier molecular flexibility index (Phi) is 5.81. The number of carbonyl (C=O) groups is 2. The second kappa shape index (κ2) is 7.84. The molecule has 9 nitrogen and oxygen atoms in total. The number of amides is 1. The molecule has 25 heavy (non-hydrogen) atoms. The van der Waals surface area contributed by atoms with Gasteiger partial charge in [-0.05, 0) is 32.9 Å². The molecule has 2 rings (SSSR count). The van der Waals surface area contributed by atoms with E-state index in [1.807, 2.05) is 20.8 Å². The summed E-state index contributed by atoms with van der Waals surface area (Å²) in [7, 11) is 0. The van der Waals surface area contributed by atoms with Crippen LogP contribution < -0.4 is 5.32 Å². The van der Waals surface area contributed by atoms with Gasteiger partial charge in [0, 0.05) is 19.2 Å². The Morgan fingerprint density at radius 3 is 2.64 bits per heavy atom. The van der Waals surface area contributed by atoms with E-state index in [0.717, 1.165) is 0 Å². The summed E-state index contributed by atoms with van der Waals surface area (Å²) in [6.07, 6.45) is 4.39. The predicted octanol–water partition coefficient (Wildman–Crippen LogP) is 1.05. The van der Waals surface area contributed by atoms with E-state index < -0.39 is 17.9 Å². The van der Waals surface area contributed by atoms with Crippen LogP contribution in [-0.4, -0.2) is 55.0 Å². The fourth-order valence-electron chi connectivity index (χ4n) is 1.96. The molecular formula is C16H21N5O4. The van der Waals surface area contributed by atoms with Crippen LogP contribution in [0.2, 0.25) is 0 Å². The maximum Gasteiger partial charge on any atom is 0.326 e. The van der Waals surface area contributed by atoms with Crippen molar-refractivity contribution in [2.45, 2.75) is 38.8 Å². The van der Waals surface area contributed by atoms with E-state index in [1.165, 1.54) is 23.5 Å². The molecule has 2 aromatic rings. The summed E-state index contributed by atoms with van der Waals surface area (Å²) in [5.74, 6) is -1.12. The monoisotopic (exact) mass is 347 g/mol. The summed E-state index contributed by atoms with van der Waals surface area (Å²) < 4.78 is 6.96. The Balaban J connectivity index is 1.97. The first-order valence-electron chi connectivity index (χ1n) is 7.75. The minimum absolute atomic E-state index is 0.169. The van der Waals surface area contributed by atoms with Crippen molar-refractivity contribution in [2.24, 2.45) is 0 Å². The molecule has 0 saturated carbocycles. The first-order valence-corrected chi connectivity index (χ1v) is 7.75. The lowest BCUT2D eigenvalue weighted by molar-refractivity contribution is -0.140. The molecule has 0 radical (unpaired) electrons. The summed E-state index contributed by atoms with van der Waals surface area (Å²) in [5.41, 5.74) is -0.111. The van der Waals surface area contributed by atoms with Crippen LogP contribution in [-0.2, 0) is 9.53 Å². The molecule has 0 aromatic carbocycles. The van der Waals surface area contributed by atoms with Crippen LogP contribution in [0.5, 0.6) is 0 Å². The lowest BCUT2D eigenvalue weighted by Gasteiger charge is -2.21. The van der Waals surface area contributed by atoms with Gasteiger partial charge in [-0.25, -0.2) is 19.4 Å². The quantitative estimate of drug-likeness (QED) is 0.768. The van der Waals surface area contributed by atoms with Gasteiger partial charge in [0.05, 0.1) is 11.2 Å². The maximum atomic E-state index is 12.2. The smallest absolute Gasteiger partial charge is 0.326 e. The van der Waals surface area contributed by atoms with Crippen LogP contribution in [0.1, 0.15) is 37.6 Å². The van der Waals surface area contributed by atoms with Gasteiger partial charge >= 0.3 is 5.97 Å². The number of nitrogens with zero attached hydrogens (tertiary/aromatic N) is 4. The molecule has 1 atom stereocenters. The molecule has 0 bridgehead atoms. The van der Waals surface area contributed by atoms with Gasteiger partial charge in [0.1, 0.15) is 18.7 Å². The van der Waals surface area contributed by atoms with Crippen LogP contribution in [0.25, 0.3) is 5.82 Å². The van der Waals surface area contributed by atoms with Gasteiger partial charge in [-0.2, -0.15) is 5.10 Å². The molecule has 0 fully saturated rings. The maximum absolute atomic E-state index is 12.2. The molecule has 2 aromatic heterocycles. The molecule has 2 N–H and O–H groups in total. The Bertz CT molecular complexity index is 707. The molecule has 1 unspecified atom stereocenters. The zero-order chi connectivity index (χ0) is 18.4. The number of carbonyl (C=O) groups excluding carboxylic acids is 1. The van der Waals surface area contributed by atoms with E-state index in [-0.39, 0.29) is 24.2 Å². The third-order valence-corrected chi connectivity index (χ3v) is 3.21. The van der Waals surface area contributed by atoms with Crippen molar-refractivity contribution in [3.05, 3.63) is 36.5 Å². The average molecular weight is 347 g/mol. The summed E-state index contributed by atoms with van der Waals surface area (Å²) in [5, 5.41) is 15.7. The Hall–Kier alpha value is -2.81. The number of aliphatic carboxylic acids is 1. The van der Waals surface area contributed by atoms with Gasteiger partial charge in [-0.15, -0.1) is 0 Å². The van der Waals surface area contributed by atoms with Gasteiger partial charge < -0.3 is 15.2 Å². The number of rotatable bonds is 7. The molecule has 0 aliphatic carbocycles. The molecule has 9 heteroatoms. The second-order valence-corrected chi connectivity index (χ2v) is 6.36. The molecule has 2 heterocycles. The van der Waals surface area contributed by atoms with Crippen LogP contribution in [0, 0.1) is 0 Å². The predicted molar refractivity (Wildman–Crippen MR) is 88.4 cm³/mol. The third kappa shape index (κ3) is 5.64. The van der Waals surface area contributed by atoms with Crippen molar-refractivity contribution in [1.29, 1.82) is 0 Å². The van der Waals surface area contributed by atoms with E-state index in [4.69, 9.17) is 4.74 Å². The summed E-state index contributed by atoms with van der Waals surface area (Å²) in [6.45, 7) is 5.86. The van der Waals surface area contributed by atoms with Crippen LogP contribution in [0.3, 0.4) is 0 Å². The van der Waals surface area contributed by atoms with Crippen LogP contribution in [0.4, 0.5) is 0 Å². The van der Waals surface area contributed by atoms with Gasteiger partial charge in [-0.3, -0.25) is 4.79 Å². The summed E-state index contributed by atoms with van der Waals surface area (Å²) in [6, 6.07) is 2.11. The van der Waals surface area contributed by atoms with Crippen molar-refractivity contribution in [2.75, 3.05) is 6.61 Å². The Morgan fingerprint density at radius 2 is 2.12 bits per heavy atom. The van der Waals surface area contributed by atoms with Crippen LogP contribution in [0.15, 0.2) is 31.0 Å². The van der Waals surface area contributed by atoms with Crippen molar-refractivity contribution >= 4 is 11.9 Å². The number of pyridine rings is 1. The first kappa shape index (κ1) is 18.5. The van der Waals surface area contributed by atoms with E-state index in [1.54, 1.807) is 12.1 Å². The highest BCUT2D eigenvalue weighted by molar-refractivity contribution is 5.96.